The molecule has 0 amide bonds. The van der Waals surface area contributed by atoms with Crippen molar-refractivity contribution < 1.29 is 39.6 Å². The van der Waals surface area contributed by atoms with Crippen molar-refractivity contribution in [2.75, 3.05) is 13.2 Å². The molecule has 5 N–H and O–H groups in total. The Labute approximate surface area is 248 Å². The van der Waals surface area contributed by atoms with Gasteiger partial charge in [0.2, 0.25) is 0 Å². The lowest BCUT2D eigenvalue weighted by Gasteiger charge is -2.39. The predicted molar refractivity (Wildman–Crippen MR) is 156 cm³/mol. The zero-order chi connectivity index (χ0) is 30.4. The minimum Gasteiger partial charge on any atom is -0.489 e. The summed E-state index contributed by atoms with van der Waals surface area (Å²) in [5.41, 5.74) is 2.00. The fraction of sp³-hybridized carbons (Fsp3) is 0.433. The maximum absolute atomic E-state index is 13.5. The van der Waals surface area contributed by atoms with Crippen LogP contribution in [0.4, 0.5) is 0 Å². The van der Waals surface area contributed by atoms with E-state index in [1.54, 1.807) is 38.1 Å². The highest BCUT2D eigenvalue weighted by molar-refractivity contribution is 8.00. The van der Waals surface area contributed by atoms with E-state index in [-0.39, 0.29) is 31.1 Å². The van der Waals surface area contributed by atoms with E-state index in [0.29, 0.717) is 35.5 Å². The monoisotopic (exact) mass is 600 g/mol. The van der Waals surface area contributed by atoms with Crippen molar-refractivity contribution >= 4 is 17.7 Å². The number of carbonyl (C=O) groups is 1. The molecule has 0 radical (unpaired) electrons. The normalized spacial score (nSPS) is 26.0. The zero-order valence-electron chi connectivity index (χ0n) is 23.4. The van der Waals surface area contributed by atoms with Gasteiger partial charge < -0.3 is 35.2 Å². The van der Waals surface area contributed by atoms with E-state index < -0.39 is 45.6 Å². The van der Waals surface area contributed by atoms with Gasteiger partial charge in [0.05, 0.1) is 46.9 Å². The van der Waals surface area contributed by atoms with Crippen LogP contribution in [-0.4, -0.2) is 73.3 Å². The second-order valence-corrected chi connectivity index (χ2v) is 11.8. The highest BCUT2D eigenvalue weighted by Crippen LogP contribution is 2.42. The molecule has 2 aliphatic rings. The Morgan fingerprint density at radius 1 is 0.976 bits per heavy atom. The number of allylic oxidation sites excluding steroid dienone is 3. The van der Waals surface area contributed by atoms with Crippen molar-refractivity contribution in [1.29, 1.82) is 0 Å². The fourth-order valence-corrected chi connectivity index (χ4v) is 6.81. The number of thioether (sulfide) groups is 1. The Kier molecular flexibility index (Phi) is 10.6. The van der Waals surface area contributed by atoms with Gasteiger partial charge in [0.25, 0.3) is 5.70 Å². The molecular formula is C30H36N2O9S. The molecule has 4 rings (SSSR count). The molecule has 6 atom stereocenters. The molecule has 0 bridgehead atoms. The van der Waals surface area contributed by atoms with Crippen LogP contribution in [0.2, 0.25) is 0 Å². The molecule has 0 spiro atoms. The first-order valence-electron chi connectivity index (χ1n) is 13.7. The lowest BCUT2D eigenvalue weighted by molar-refractivity contribution is -0.431. The number of hydrogen-bond acceptors (Lipinski definition) is 11. The van der Waals surface area contributed by atoms with E-state index in [1.807, 2.05) is 30.3 Å². The number of aliphatic hydroxyl groups is 4. The summed E-state index contributed by atoms with van der Waals surface area (Å²) in [6.07, 6.45) is -3.18. The lowest BCUT2D eigenvalue weighted by Crippen LogP contribution is -2.53. The second-order valence-electron chi connectivity index (χ2n) is 10.3. The van der Waals surface area contributed by atoms with Gasteiger partial charge in [-0.05, 0) is 38.3 Å². The van der Waals surface area contributed by atoms with Crippen LogP contribution in [0.25, 0.3) is 0 Å². The Hall–Kier alpha value is -3.42. The number of esters is 1. The largest absolute Gasteiger partial charge is 0.489 e. The zero-order valence-corrected chi connectivity index (χ0v) is 24.2. The molecule has 2 aromatic rings. The number of para-hydroxylation sites is 1. The topological polar surface area (TPSA) is 172 Å². The molecule has 2 heterocycles. The number of rotatable bonds is 11. The first kappa shape index (κ1) is 31.5. The highest BCUT2D eigenvalue weighted by Gasteiger charge is 2.44. The lowest BCUT2D eigenvalue weighted by atomic mass is 9.83. The van der Waals surface area contributed by atoms with Gasteiger partial charge in [0, 0.05) is 16.5 Å². The minimum atomic E-state index is -1.39. The number of ether oxygens (including phenoxy) is 2. The van der Waals surface area contributed by atoms with E-state index >= 15 is 0 Å². The van der Waals surface area contributed by atoms with Gasteiger partial charge in [0.1, 0.15) is 24.4 Å². The van der Waals surface area contributed by atoms with Crippen molar-refractivity contribution in [3.05, 3.63) is 98.5 Å². The number of dihydropyridines is 1. The number of carbonyl (C=O) groups excluding carboxylic acids is 1. The Morgan fingerprint density at radius 2 is 1.64 bits per heavy atom. The van der Waals surface area contributed by atoms with Crippen molar-refractivity contribution in [3.63, 3.8) is 0 Å². The summed E-state index contributed by atoms with van der Waals surface area (Å²) in [6, 6.07) is 16.4. The van der Waals surface area contributed by atoms with Crippen LogP contribution in [0, 0.1) is 10.1 Å². The molecule has 0 aliphatic carbocycles. The summed E-state index contributed by atoms with van der Waals surface area (Å²) in [5.74, 6) is -1.38. The number of nitrogens with one attached hydrogen (secondary N) is 1. The molecular weight excluding hydrogens is 564 g/mol. The molecule has 0 aromatic heterocycles. The summed E-state index contributed by atoms with van der Waals surface area (Å²) in [5, 5.41) is 54.1. The van der Waals surface area contributed by atoms with E-state index in [9.17, 15) is 35.3 Å². The van der Waals surface area contributed by atoms with Crippen LogP contribution < -0.4 is 10.1 Å². The van der Waals surface area contributed by atoms with Gasteiger partial charge in [-0.2, -0.15) is 0 Å². The molecule has 42 heavy (non-hydrogen) atoms. The summed E-state index contributed by atoms with van der Waals surface area (Å²) < 4.78 is 11.7. The second kappa shape index (κ2) is 14.2. The molecule has 0 saturated carbocycles. The number of benzene rings is 2. The molecule has 11 nitrogen and oxygen atoms in total. The minimum absolute atomic E-state index is 0.0444. The summed E-state index contributed by atoms with van der Waals surface area (Å²) >= 11 is 1.18. The third-order valence-corrected chi connectivity index (χ3v) is 9.11. The molecule has 1 fully saturated rings. The number of nitro groups is 1. The van der Waals surface area contributed by atoms with Crippen molar-refractivity contribution in [2.45, 2.75) is 68.0 Å². The maximum atomic E-state index is 13.5. The highest BCUT2D eigenvalue weighted by atomic mass is 32.2. The first-order chi connectivity index (χ1) is 20.1. The summed E-state index contributed by atoms with van der Waals surface area (Å²) in [7, 11) is 0. The van der Waals surface area contributed by atoms with E-state index in [4.69, 9.17) is 9.47 Å². The average molecular weight is 601 g/mol. The van der Waals surface area contributed by atoms with Crippen molar-refractivity contribution in [2.24, 2.45) is 0 Å². The molecule has 12 heteroatoms. The number of hydrogen-bond donors (Lipinski definition) is 5. The van der Waals surface area contributed by atoms with E-state index in [2.05, 4.69) is 5.32 Å². The molecule has 2 aliphatic heterocycles. The summed E-state index contributed by atoms with van der Waals surface area (Å²) in [4.78, 5) is 25.3. The molecule has 1 unspecified atom stereocenters. The Balaban J connectivity index is 1.52. The van der Waals surface area contributed by atoms with Gasteiger partial charge in [-0.15, -0.1) is 11.8 Å². The standard InChI is InChI=1S/C30H36N2O9S/c1-17-24(30(37)40-14-8-13-22-27(34)29(36)28(35)23(15-33)42-22)25(26(32(38)39)18(2)31-17)20-11-6-7-12-21(20)41-16-19-9-4-3-5-10-19/h3-7,9-12,22-23,25,27-29,31,33-36H,8,13-16H2,1-2H3/t22-,23+,25?,27+,28-,29-/m1/s1. The van der Waals surface area contributed by atoms with Crippen LogP contribution >= 0.6 is 11.8 Å². The summed E-state index contributed by atoms with van der Waals surface area (Å²) in [6.45, 7) is 3.08. The van der Waals surface area contributed by atoms with Gasteiger partial charge >= 0.3 is 5.97 Å². The SMILES string of the molecule is CC1=C(C(=O)OCCC[C@H]2S[C@@H](CO)[C@@H](O)[C@H](O)[C@H]2O)C(c2ccccc2OCc2ccccc2)C([N+](=O)[O-])=C(C)N1. The van der Waals surface area contributed by atoms with E-state index in [1.165, 1.54) is 11.8 Å². The number of aliphatic hydroxyl groups excluding tert-OH is 4. The molecule has 2 aromatic carbocycles. The van der Waals surface area contributed by atoms with Crippen molar-refractivity contribution in [3.8, 4) is 5.75 Å². The average Bonchev–Trinajstić information content (AvgIpc) is 2.98. The van der Waals surface area contributed by atoms with Crippen LogP contribution in [0.3, 0.4) is 0 Å². The Morgan fingerprint density at radius 3 is 2.33 bits per heavy atom. The van der Waals surface area contributed by atoms with Gasteiger partial charge in [-0.1, -0.05) is 48.5 Å². The predicted octanol–water partition coefficient (Wildman–Crippen LogP) is 2.62. The molecule has 1 saturated heterocycles. The van der Waals surface area contributed by atoms with Crippen LogP contribution in [0.15, 0.2) is 77.3 Å². The fourth-order valence-electron chi connectivity index (χ4n) is 5.33. The van der Waals surface area contributed by atoms with Crippen LogP contribution in [-0.2, 0) is 16.1 Å². The third kappa shape index (κ3) is 6.96. The first-order valence-corrected chi connectivity index (χ1v) is 14.6. The van der Waals surface area contributed by atoms with E-state index in [0.717, 1.165) is 5.56 Å². The van der Waals surface area contributed by atoms with Crippen molar-refractivity contribution in [1.82, 2.24) is 5.32 Å². The Bertz CT molecular complexity index is 1330. The van der Waals surface area contributed by atoms with Gasteiger partial charge in [-0.3, -0.25) is 10.1 Å². The van der Waals surface area contributed by atoms with Gasteiger partial charge in [-0.25, -0.2) is 4.79 Å². The van der Waals surface area contributed by atoms with Crippen LogP contribution in [0.1, 0.15) is 43.7 Å². The molecule has 226 valence electrons. The maximum Gasteiger partial charge on any atom is 0.336 e. The van der Waals surface area contributed by atoms with Crippen LogP contribution in [0.5, 0.6) is 5.75 Å². The van der Waals surface area contributed by atoms with Gasteiger partial charge in [0.15, 0.2) is 0 Å². The quantitative estimate of drug-likeness (QED) is 0.111. The third-order valence-electron chi connectivity index (χ3n) is 7.47. The number of nitrogens with zero attached hydrogens (tertiary/aromatic N) is 1. The smallest absolute Gasteiger partial charge is 0.336 e.